The zero-order valence-corrected chi connectivity index (χ0v) is 13.3. The van der Waals surface area contributed by atoms with E-state index in [2.05, 4.69) is 15.2 Å². The largest absolute Gasteiger partial charge is 0.392 e. The average Bonchev–Trinajstić information content (AvgIpc) is 3.05. The zero-order chi connectivity index (χ0) is 16.2. The van der Waals surface area contributed by atoms with Gasteiger partial charge in [-0.3, -0.25) is 4.79 Å². The van der Waals surface area contributed by atoms with Crippen LogP contribution in [-0.4, -0.2) is 29.1 Å². The molecule has 6 heteroatoms. The monoisotopic (exact) mass is 331 g/mol. The number of hydrogen-bond donors (Lipinski definition) is 2. The maximum Gasteiger partial charge on any atom is 0.230 e. The van der Waals surface area contributed by atoms with Gasteiger partial charge in [-0.05, 0) is 36.2 Å². The summed E-state index contributed by atoms with van der Waals surface area (Å²) in [4.78, 5) is 18.6. The Hall–Kier alpha value is -2.11. The summed E-state index contributed by atoms with van der Waals surface area (Å²) >= 11 is 6.22. The van der Waals surface area contributed by atoms with Crippen LogP contribution in [0.4, 0.5) is 11.5 Å². The molecular formula is C17H18ClN3O2. The number of anilines is 2. The number of halogens is 1. The number of pyridine rings is 1. The number of para-hydroxylation sites is 1. The Bertz CT molecular complexity index is 708. The molecule has 1 atom stereocenters. The van der Waals surface area contributed by atoms with Crippen LogP contribution in [0.15, 0.2) is 42.6 Å². The van der Waals surface area contributed by atoms with E-state index in [0.29, 0.717) is 17.4 Å². The number of aliphatic hydroxyl groups is 1. The lowest BCUT2D eigenvalue weighted by Crippen LogP contribution is -2.27. The summed E-state index contributed by atoms with van der Waals surface area (Å²) in [7, 11) is 0. The number of aliphatic hydroxyl groups excluding tert-OH is 1. The first-order chi connectivity index (χ1) is 11.2. The fraction of sp³-hybridized carbons (Fsp3) is 0.294. The van der Waals surface area contributed by atoms with Gasteiger partial charge in [-0.2, -0.15) is 0 Å². The van der Waals surface area contributed by atoms with Crippen LogP contribution >= 0.6 is 11.6 Å². The Morgan fingerprint density at radius 3 is 3.00 bits per heavy atom. The van der Waals surface area contributed by atoms with E-state index in [-0.39, 0.29) is 18.4 Å². The summed E-state index contributed by atoms with van der Waals surface area (Å²) in [5.41, 5.74) is 1.68. The Balaban J connectivity index is 1.64. The molecule has 0 radical (unpaired) electrons. The minimum Gasteiger partial charge on any atom is -0.392 e. The van der Waals surface area contributed by atoms with Crippen LogP contribution in [0.3, 0.4) is 0 Å². The number of amides is 1. The van der Waals surface area contributed by atoms with Crippen LogP contribution in [0.5, 0.6) is 0 Å². The summed E-state index contributed by atoms with van der Waals surface area (Å²) < 4.78 is 0. The molecule has 1 aromatic heterocycles. The minimum atomic E-state index is -0.106. The lowest BCUT2D eigenvalue weighted by Gasteiger charge is -2.19. The van der Waals surface area contributed by atoms with Crippen LogP contribution in [0, 0.1) is 5.92 Å². The molecule has 0 saturated carbocycles. The SMILES string of the molecule is O=C(Nc1cc(CO)ccn1)C1CCN(c2ccccc2Cl)C1. The van der Waals surface area contributed by atoms with E-state index in [0.717, 1.165) is 24.2 Å². The van der Waals surface area contributed by atoms with E-state index in [1.165, 1.54) is 0 Å². The highest BCUT2D eigenvalue weighted by atomic mass is 35.5. The van der Waals surface area contributed by atoms with Gasteiger partial charge in [-0.15, -0.1) is 0 Å². The molecule has 0 spiro atoms. The van der Waals surface area contributed by atoms with Gasteiger partial charge in [0, 0.05) is 19.3 Å². The normalized spacial score (nSPS) is 17.3. The van der Waals surface area contributed by atoms with E-state index in [1.807, 2.05) is 24.3 Å². The molecule has 1 amide bonds. The second-order valence-corrected chi connectivity index (χ2v) is 5.99. The highest BCUT2D eigenvalue weighted by Gasteiger charge is 2.29. The first-order valence-electron chi connectivity index (χ1n) is 7.53. The molecule has 1 fully saturated rings. The second kappa shape index (κ2) is 6.98. The van der Waals surface area contributed by atoms with Crippen molar-refractivity contribution in [3.63, 3.8) is 0 Å². The van der Waals surface area contributed by atoms with Gasteiger partial charge in [0.25, 0.3) is 0 Å². The fourth-order valence-electron chi connectivity index (χ4n) is 2.77. The van der Waals surface area contributed by atoms with Crippen molar-refractivity contribution in [2.24, 2.45) is 5.92 Å². The third-order valence-corrected chi connectivity index (χ3v) is 4.33. The number of carbonyl (C=O) groups is 1. The molecule has 1 aromatic carbocycles. The number of hydrogen-bond acceptors (Lipinski definition) is 4. The van der Waals surface area contributed by atoms with Gasteiger partial charge in [0.05, 0.1) is 23.2 Å². The summed E-state index contributed by atoms with van der Waals surface area (Å²) in [5, 5.41) is 12.7. The van der Waals surface area contributed by atoms with E-state index >= 15 is 0 Å². The molecule has 120 valence electrons. The van der Waals surface area contributed by atoms with Gasteiger partial charge in [-0.1, -0.05) is 23.7 Å². The number of nitrogens with one attached hydrogen (secondary N) is 1. The molecule has 0 aliphatic carbocycles. The molecule has 2 heterocycles. The van der Waals surface area contributed by atoms with Crippen molar-refractivity contribution in [2.75, 3.05) is 23.3 Å². The topological polar surface area (TPSA) is 65.5 Å². The molecule has 1 aliphatic heterocycles. The molecule has 0 bridgehead atoms. The summed E-state index contributed by atoms with van der Waals surface area (Å²) in [5.74, 6) is 0.311. The van der Waals surface area contributed by atoms with Crippen molar-refractivity contribution in [1.29, 1.82) is 0 Å². The first-order valence-corrected chi connectivity index (χ1v) is 7.91. The van der Waals surface area contributed by atoms with E-state index in [4.69, 9.17) is 16.7 Å². The lowest BCUT2D eigenvalue weighted by molar-refractivity contribution is -0.119. The average molecular weight is 332 g/mol. The van der Waals surface area contributed by atoms with Gasteiger partial charge in [0.1, 0.15) is 5.82 Å². The first kappa shape index (κ1) is 15.8. The number of nitrogens with zero attached hydrogens (tertiary/aromatic N) is 2. The third-order valence-electron chi connectivity index (χ3n) is 4.01. The van der Waals surface area contributed by atoms with Crippen molar-refractivity contribution in [3.05, 3.63) is 53.2 Å². The number of carbonyl (C=O) groups excluding carboxylic acids is 1. The number of rotatable bonds is 4. The lowest BCUT2D eigenvalue weighted by atomic mass is 10.1. The van der Waals surface area contributed by atoms with Crippen molar-refractivity contribution in [3.8, 4) is 0 Å². The molecule has 3 rings (SSSR count). The molecular weight excluding hydrogens is 314 g/mol. The highest BCUT2D eigenvalue weighted by Crippen LogP contribution is 2.30. The van der Waals surface area contributed by atoms with Crippen LogP contribution in [0.25, 0.3) is 0 Å². The van der Waals surface area contributed by atoms with Gasteiger partial charge in [-0.25, -0.2) is 4.98 Å². The van der Waals surface area contributed by atoms with Gasteiger partial charge in [0.15, 0.2) is 0 Å². The molecule has 2 N–H and O–H groups in total. The Morgan fingerprint density at radius 2 is 2.22 bits per heavy atom. The van der Waals surface area contributed by atoms with E-state index in [9.17, 15) is 4.79 Å². The fourth-order valence-corrected chi connectivity index (χ4v) is 3.03. The predicted molar refractivity (Wildman–Crippen MR) is 90.6 cm³/mol. The minimum absolute atomic E-state index is 0.0536. The van der Waals surface area contributed by atoms with Crippen LogP contribution in [0.2, 0.25) is 5.02 Å². The maximum absolute atomic E-state index is 12.4. The zero-order valence-electron chi connectivity index (χ0n) is 12.6. The van der Waals surface area contributed by atoms with E-state index in [1.54, 1.807) is 18.3 Å². The van der Waals surface area contributed by atoms with Crippen LogP contribution in [-0.2, 0) is 11.4 Å². The predicted octanol–water partition coefficient (Wildman–Crippen LogP) is 2.69. The van der Waals surface area contributed by atoms with Crippen molar-refractivity contribution in [1.82, 2.24) is 4.98 Å². The van der Waals surface area contributed by atoms with Crippen molar-refractivity contribution < 1.29 is 9.90 Å². The van der Waals surface area contributed by atoms with E-state index < -0.39 is 0 Å². The van der Waals surface area contributed by atoms with Crippen molar-refractivity contribution >= 4 is 29.0 Å². The van der Waals surface area contributed by atoms with Crippen molar-refractivity contribution in [2.45, 2.75) is 13.0 Å². The van der Waals surface area contributed by atoms with Gasteiger partial charge < -0.3 is 15.3 Å². The highest BCUT2D eigenvalue weighted by molar-refractivity contribution is 6.33. The summed E-state index contributed by atoms with van der Waals surface area (Å²) in [6.07, 6.45) is 2.35. The molecule has 5 nitrogen and oxygen atoms in total. The second-order valence-electron chi connectivity index (χ2n) is 5.58. The molecule has 1 aliphatic rings. The molecule has 2 aromatic rings. The number of benzene rings is 1. The van der Waals surface area contributed by atoms with Crippen LogP contribution < -0.4 is 10.2 Å². The third kappa shape index (κ3) is 3.63. The summed E-state index contributed by atoms with van der Waals surface area (Å²) in [6, 6.07) is 11.1. The molecule has 23 heavy (non-hydrogen) atoms. The number of aromatic nitrogens is 1. The molecule has 1 unspecified atom stereocenters. The summed E-state index contributed by atoms with van der Waals surface area (Å²) in [6.45, 7) is 1.36. The maximum atomic E-state index is 12.4. The van der Waals surface area contributed by atoms with Gasteiger partial charge in [0.2, 0.25) is 5.91 Å². The molecule has 1 saturated heterocycles. The Morgan fingerprint density at radius 1 is 1.39 bits per heavy atom. The quantitative estimate of drug-likeness (QED) is 0.904. The smallest absolute Gasteiger partial charge is 0.230 e. The van der Waals surface area contributed by atoms with Gasteiger partial charge >= 0.3 is 0 Å². The Labute approximate surface area is 139 Å². The Kier molecular flexibility index (Phi) is 4.79. The standard InChI is InChI=1S/C17H18ClN3O2/c18-14-3-1-2-4-15(14)21-8-6-13(10-21)17(23)20-16-9-12(11-22)5-7-19-16/h1-5,7,9,13,22H,6,8,10-11H2,(H,19,20,23). The van der Waals surface area contributed by atoms with Crippen LogP contribution in [0.1, 0.15) is 12.0 Å².